The summed E-state index contributed by atoms with van der Waals surface area (Å²) in [4.78, 5) is 0. The Morgan fingerprint density at radius 1 is 1.31 bits per heavy atom. The van der Waals surface area contributed by atoms with E-state index in [9.17, 15) is 8.42 Å². The van der Waals surface area contributed by atoms with Gasteiger partial charge in [0.25, 0.3) is 0 Å². The first-order valence-electron chi connectivity index (χ1n) is 5.17. The molecule has 1 atom stereocenters. The van der Waals surface area contributed by atoms with Crippen molar-refractivity contribution in [2.45, 2.75) is 32.1 Å². The Hall–Kier alpha value is -0.580. The van der Waals surface area contributed by atoms with E-state index in [4.69, 9.17) is 11.6 Å². The Morgan fingerprint density at radius 3 is 2.38 bits per heavy atom. The van der Waals surface area contributed by atoms with Crippen LogP contribution in [0.3, 0.4) is 0 Å². The average Bonchev–Trinajstić information content (AvgIpc) is 2.20. The summed E-state index contributed by atoms with van der Waals surface area (Å²) in [6, 6.07) is 6.79. The Balaban J connectivity index is 2.69. The molecule has 90 valence electrons. The highest BCUT2D eigenvalue weighted by Crippen LogP contribution is 2.11. The largest absolute Gasteiger partial charge is 0.216 e. The van der Waals surface area contributed by atoms with Crippen LogP contribution in [0.1, 0.15) is 25.8 Å². The van der Waals surface area contributed by atoms with Gasteiger partial charge in [0.2, 0.25) is 10.0 Å². The molecule has 0 spiro atoms. The molecule has 0 aliphatic heterocycles. The molecule has 0 fully saturated rings. The standard InChI is InChI=1S/C11H16ClNO2S/c1-3-9(2)13-16(14,15)8-10-4-6-11(12)7-5-10/h4-7,9,13H,3,8H2,1-2H3/t9-/m0/s1. The minimum Gasteiger partial charge on any atom is -0.212 e. The lowest BCUT2D eigenvalue weighted by atomic mass is 10.2. The molecule has 0 amide bonds. The lowest BCUT2D eigenvalue weighted by Gasteiger charge is -2.11. The summed E-state index contributed by atoms with van der Waals surface area (Å²) in [7, 11) is -3.25. The molecule has 0 saturated heterocycles. The van der Waals surface area contributed by atoms with Crippen molar-refractivity contribution >= 4 is 21.6 Å². The molecule has 5 heteroatoms. The van der Waals surface area contributed by atoms with Gasteiger partial charge in [-0.1, -0.05) is 30.7 Å². The highest BCUT2D eigenvalue weighted by Gasteiger charge is 2.13. The molecule has 0 aliphatic carbocycles. The van der Waals surface area contributed by atoms with Gasteiger partial charge in [-0.05, 0) is 31.0 Å². The van der Waals surface area contributed by atoms with Crippen LogP contribution in [0.2, 0.25) is 5.02 Å². The number of halogens is 1. The second-order valence-corrected chi connectivity index (χ2v) is 6.00. The van der Waals surface area contributed by atoms with Crippen LogP contribution in [-0.4, -0.2) is 14.5 Å². The van der Waals surface area contributed by atoms with Gasteiger partial charge in [0.05, 0.1) is 5.75 Å². The SMILES string of the molecule is CC[C@H](C)NS(=O)(=O)Cc1ccc(Cl)cc1. The number of rotatable bonds is 5. The molecular weight excluding hydrogens is 246 g/mol. The zero-order chi connectivity index (χ0) is 12.2. The first kappa shape index (κ1) is 13.5. The molecule has 0 radical (unpaired) electrons. The van der Waals surface area contributed by atoms with E-state index < -0.39 is 10.0 Å². The third kappa shape index (κ3) is 4.51. The van der Waals surface area contributed by atoms with Crippen molar-refractivity contribution in [1.29, 1.82) is 0 Å². The minimum absolute atomic E-state index is 0.00545. The summed E-state index contributed by atoms with van der Waals surface area (Å²) in [5.41, 5.74) is 0.736. The number of hydrogen-bond donors (Lipinski definition) is 1. The van der Waals surface area contributed by atoms with Crippen molar-refractivity contribution in [2.75, 3.05) is 0 Å². The Kier molecular flexibility index (Phi) is 4.77. The van der Waals surface area contributed by atoms with E-state index in [-0.39, 0.29) is 11.8 Å². The molecule has 0 saturated carbocycles. The van der Waals surface area contributed by atoms with E-state index in [0.29, 0.717) is 5.02 Å². The van der Waals surface area contributed by atoms with Crippen LogP contribution in [-0.2, 0) is 15.8 Å². The first-order valence-corrected chi connectivity index (χ1v) is 7.20. The third-order valence-electron chi connectivity index (χ3n) is 2.26. The van der Waals surface area contributed by atoms with Gasteiger partial charge in [0.1, 0.15) is 0 Å². The normalized spacial score (nSPS) is 13.7. The highest BCUT2D eigenvalue weighted by molar-refractivity contribution is 7.88. The monoisotopic (exact) mass is 261 g/mol. The summed E-state index contributed by atoms with van der Waals surface area (Å²) in [5.74, 6) is -0.00545. The van der Waals surface area contributed by atoms with Crippen molar-refractivity contribution in [3.05, 3.63) is 34.9 Å². The Labute approximate surface area is 102 Å². The fraction of sp³-hybridized carbons (Fsp3) is 0.455. The molecule has 1 aromatic rings. The number of benzene rings is 1. The van der Waals surface area contributed by atoms with Crippen LogP contribution in [0.25, 0.3) is 0 Å². The van der Waals surface area contributed by atoms with Crippen molar-refractivity contribution in [1.82, 2.24) is 4.72 Å². The summed E-state index contributed by atoms with van der Waals surface area (Å²) < 4.78 is 26.0. The molecular formula is C11H16ClNO2S. The Morgan fingerprint density at radius 2 is 1.88 bits per heavy atom. The zero-order valence-electron chi connectivity index (χ0n) is 9.40. The molecule has 1 aromatic carbocycles. The predicted octanol–water partition coefficient (Wildman–Crippen LogP) is 2.56. The highest BCUT2D eigenvalue weighted by atomic mass is 35.5. The molecule has 0 aliphatic rings. The lowest BCUT2D eigenvalue weighted by Crippen LogP contribution is -2.32. The summed E-state index contributed by atoms with van der Waals surface area (Å²) >= 11 is 5.72. The number of sulfonamides is 1. The van der Waals surface area contributed by atoms with E-state index in [1.54, 1.807) is 24.3 Å². The fourth-order valence-corrected chi connectivity index (χ4v) is 2.85. The van der Waals surface area contributed by atoms with Crippen LogP contribution in [0.15, 0.2) is 24.3 Å². The van der Waals surface area contributed by atoms with Crippen LogP contribution in [0.4, 0.5) is 0 Å². The maximum absolute atomic E-state index is 11.7. The van der Waals surface area contributed by atoms with Gasteiger partial charge >= 0.3 is 0 Å². The van der Waals surface area contributed by atoms with Crippen molar-refractivity contribution in [3.63, 3.8) is 0 Å². The predicted molar refractivity (Wildman–Crippen MR) is 67.0 cm³/mol. The van der Waals surface area contributed by atoms with E-state index in [1.165, 1.54) is 0 Å². The van der Waals surface area contributed by atoms with Crippen molar-refractivity contribution in [2.24, 2.45) is 0 Å². The van der Waals surface area contributed by atoms with E-state index in [2.05, 4.69) is 4.72 Å². The average molecular weight is 262 g/mol. The maximum Gasteiger partial charge on any atom is 0.216 e. The summed E-state index contributed by atoms with van der Waals surface area (Å²) in [5, 5.41) is 0.607. The second kappa shape index (κ2) is 5.66. The topological polar surface area (TPSA) is 46.2 Å². The number of nitrogens with one attached hydrogen (secondary N) is 1. The van der Waals surface area contributed by atoms with Gasteiger partial charge in [-0.2, -0.15) is 0 Å². The zero-order valence-corrected chi connectivity index (χ0v) is 11.0. The quantitative estimate of drug-likeness (QED) is 0.886. The minimum atomic E-state index is -3.25. The van der Waals surface area contributed by atoms with Crippen LogP contribution in [0, 0.1) is 0 Å². The lowest BCUT2D eigenvalue weighted by molar-refractivity contribution is 0.555. The molecule has 0 aromatic heterocycles. The fourth-order valence-electron chi connectivity index (χ4n) is 1.23. The van der Waals surface area contributed by atoms with Gasteiger partial charge in [-0.15, -0.1) is 0 Å². The van der Waals surface area contributed by atoms with Gasteiger partial charge in [0, 0.05) is 11.1 Å². The van der Waals surface area contributed by atoms with Crippen LogP contribution >= 0.6 is 11.6 Å². The van der Waals surface area contributed by atoms with Gasteiger partial charge in [-0.25, -0.2) is 13.1 Å². The van der Waals surface area contributed by atoms with E-state index >= 15 is 0 Å². The number of hydrogen-bond acceptors (Lipinski definition) is 2. The maximum atomic E-state index is 11.7. The van der Waals surface area contributed by atoms with Crippen molar-refractivity contribution < 1.29 is 8.42 Å². The molecule has 3 nitrogen and oxygen atoms in total. The molecule has 1 N–H and O–H groups in total. The van der Waals surface area contributed by atoms with E-state index in [0.717, 1.165) is 12.0 Å². The van der Waals surface area contributed by atoms with Crippen LogP contribution in [0.5, 0.6) is 0 Å². The van der Waals surface area contributed by atoms with Gasteiger partial charge < -0.3 is 0 Å². The van der Waals surface area contributed by atoms with Crippen molar-refractivity contribution in [3.8, 4) is 0 Å². The Bertz CT molecular complexity index is 428. The van der Waals surface area contributed by atoms with Crippen LogP contribution < -0.4 is 4.72 Å². The molecule has 1 rings (SSSR count). The molecule has 0 bridgehead atoms. The first-order chi connectivity index (χ1) is 7.43. The molecule has 0 heterocycles. The molecule has 0 unspecified atom stereocenters. The van der Waals surface area contributed by atoms with Gasteiger partial charge in [0.15, 0.2) is 0 Å². The van der Waals surface area contributed by atoms with E-state index in [1.807, 2.05) is 13.8 Å². The molecule has 16 heavy (non-hydrogen) atoms. The smallest absolute Gasteiger partial charge is 0.212 e. The summed E-state index contributed by atoms with van der Waals surface area (Å²) in [6.07, 6.45) is 0.778. The summed E-state index contributed by atoms with van der Waals surface area (Å²) in [6.45, 7) is 3.79. The second-order valence-electron chi connectivity index (χ2n) is 3.81. The van der Waals surface area contributed by atoms with Gasteiger partial charge in [-0.3, -0.25) is 0 Å². The third-order valence-corrected chi connectivity index (χ3v) is 3.99.